The van der Waals surface area contributed by atoms with Crippen LogP contribution in [0.3, 0.4) is 0 Å². The van der Waals surface area contributed by atoms with Crippen molar-refractivity contribution in [1.29, 1.82) is 0 Å². The molecule has 0 atom stereocenters. The highest BCUT2D eigenvalue weighted by Crippen LogP contribution is 2.11. The summed E-state index contributed by atoms with van der Waals surface area (Å²) in [6.45, 7) is 6.87. The van der Waals surface area contributed by atoms with Crippen molar-refractivity contribution >= 4 is 18.6 Å². The number of likely N-dealkylation sites (N-methyl/N-ethyl adjacent to an activating group) is 1. The Morgan fingerprint density at radius 1 is 1.16 bits per heavy atom. The first-order valence-electron chi connectivity index (χ1n) is 6.48. The Balaban J connectivity index is 0.00000180. The number of ether oxygens (including phenoxy) is 1. The van der Waals surface area contributed by atoms with Crippen LogP contribution < -0.4 is 4.74 Å². The van der Waals surface area contributed by atoms with Crippen LogP contribution in [-0.4, -0.2) is 56.0 Å². The number of hydrazone groups is 1. The zero-order chi connectivity index (χ0) is 12.8. The van der Waals surface area contributed by atoms with Gasteiger partial charge in [-0.2, -0.15) is 5.10 Å². The quantitative estimate of drug-likeness (QED) is 0.792. The molecule has 1 aromatic rings. The molecule has 0 aliphatic carbocycles. The number of hydrogen-bond donors (Lipinski definition) is 0. The first-order chi connectivity index (χ1) is 8.78. The van der Waals surface area contributed by atoms with E-state index in [1.54, 1.807) is 0 Å². The largest absolute Gasteiger partial charge is 0.494 e. The van der Waals surface area contributed by atoms with Crippen molar-refractivity contribution in [2.45, 2.75) is 6.92 Å². The predicted molar refractivity (Wildman–Crippen MR) is 81.5 cm³/mol. The SMILES string of the molecule is CCOc1ccc(/C=N/N2CCN(C)CC2)cc1.Cl. The molecule has 1 aromatic carbocycles. The minimum Gasteiger partial charge on any atom is -0.494 e. The summed E-state index contributed by atoms with van der Waals surface area (Å²) in [4.78, 5) is 2.32. The maximum absolute atomic E-state index is 5.41. The molecular weight excluding hydrogens is 262 g/mol. The van der Waals surface area contributed by atoms with Crippen LogP contribution in [0.15, 0.2) is 29.4 Å². The molecule has 0 saturated carbocycles. The van der Waals surface area contributed by atoms with Crippen LogP contribution in [0.25, 0.3) is 0 Å². The highest BCUT2D eigenvalue weighted by atomic mass is 35.5. The Hall–Kier alpha value is -1.26. The van der Waals surface area contributed by atoms with Gasteiger partial charge in [0, 0.05) is 26.2 Å². The second kappa shape index (κ2) is 8.02. The zero-order valence-electron chi connectivity index (χ0n) is 11.6. The van der Waals surface area contributed by atoms with E-state index in [0.29, 0.717) is 6.61 Å². The first-order valence-corrected chi connectivity index (χ1v) is 6.48. The molecule has 2 rings (SSSR count). The van der Waals surface area contributed by atoms with Gasteiger partial charge in [0.15, 0.2) is 0 Å². The lowest BCUT2D eigenvalue weighted by Gasteiger charge is -2.30. The molecule has 0 aromatic heterocycles. The molecule has 1 heterocycles. The maximum atomic E-state index is 5.41. The Morgan fingerprint density at radius 3 is 2.37 bits per heavy atom. The number of rotatable bonds is 4. The molecular formula is C14H22ClN3O. The van der Waals surface area contributed by atoms with Crippen molar-refractivity contribution in [1.82, 2.24) is 9.91 Å². The van der Waals surface area contributed by atoms with E-state index >= 15 is 0 Å². The van der Waals surface area contributed by atoms with Crippen LogP contribution in [0.4, 0.5) is 0 Å². The van der Waals surface area contributed by atoms with Crippen molar-refractivity contribution in [3.8, 4) is 5.75 Å². The van der Waals surface area contributed by atoms with Gasteiger partial charge in [0.2, 0.25) is 0 Å². The number of halogens is 1. The minimum absolute atomic E-state index is 0. The van der Waals surface area contributed by atoms with Gasteiger partial charge < -0.3 is 9.64 Å². The molecule has 0 amide bonds. The average Bonchev–Trinajstić information content (AvgIpc) is 2.40. The van der Waals surface area contributed by atoms with E-state index in [-0.39, 0.29) is 12.4 Å². The fraction of sp³-hybridized carbons (Fsp3) is 0.500. The molecule has 106 valence electrons. The fourth-order valence-corrected chi connectivity index (χ4v) is 1.88. The fourth-order valence-electron chi connectivity index (χ4n) is 1.88. The number of benzene rings is 1. The van der Waals surface area contributed by atoms with Crippen molar-refractivity contribution in [3.05, 3.63) is 29.8 Å². The van der Waals surface area contributed by atoms with Crippen molar-refractivity contribution in [3.63, 3.8) is 0 Å². The molecule has 1 aliphatic rings. The number of piperazine rings is 1. The Morgan fingerprint density at radius 2 is 1.79 bits per heavy atom. The number of hydrogen-bond acceptors (Lipinski definition) is 4. The lowest BCUT2D eigenvalue weighted by Crippen LogP contribution is -2.41. The third-order valence-corrected chi connectivity index (χ3v) is 3.04. The molecule has 0 spiro atoms. The van der Waals surface area contributed by atoms with Gasteiger partial charge >= 0.3 is 0 Å². The Kier molecular flexibility index (Phi) is 6.67. The predicted octanol–water partition coefficient (Wildman–Crippen LogP) is 2.09. The molecule has 5 heteroatoms. The van der Waals surface area contributed by atoms with Crippen LogP contribution in [0.1, 0.15) is 12.5 Å². The summed E-state index contributed by atoms with van der Waals surface area (Å²) in [5, 5.41) is 6.63. The van der Waals surface area contributed by atoms with Crippen LogP contribution >= 0.6 is 12.4 Å². The van der Waals surface area contributed by atoms with Crippen molar-refractivity contribution < 1.29 is 4.74 Å². The average molecular weight is 284 g/mol. The van der Waals surface area contributed by atoms with E-state index in [2.05, 4.69) is 22.1 Å². The van der Waals surface area contributed by atoms with Gasteiger partial charge in [-0.3, -0.25) is 5.01 Å². The first kappa shape index (κ1) is 15.8. The molecule has 1 fully saturated rings. The molecule has 1 aliphatic heterocycles. The van der Waals surface area contributed by atoms with Gasteiger partial charge in [0.05, 0.1) is 12.8 Å². The van der Waals surface area contributed by atoms with Crippen LogP contribution in [0.2, 0.25) is 0 Å². The second-order valence-electron chi connectivity index (χ2n) is 4.50. The summed E-state index contributed by atoms with van der Waals surface area (Å²) in [6.07, 6.45) is 1.92. The second-order valence-corrected chi connectivity index (χ2v) is 4.50. The van der Waals surface area contributed by atoms with Crippen LogP contribution in [0.5, 0.6) is 5.75 Å². The van der Waals surface area contributed by atoms with Crippen LogP contribution in [0, 0.1) is 0 Å². The monoisotopic (exact) mass is 283 g/mol. The third kappa shape index (κ3) is 5.09. The zero-order valence-corrected chi connectivity index (χ0v) is 12.4. The van der Waals surface area contributed by atoms with Gasteiger partial charge in [-0.05, 0) is 43.8 Å². The van der Waals surface area contributed by atoms with E-state index < -0.39 is 0 Å². The molecule has 1 saturated heterocycles. The summed E-state index contributed by atoms with van der Waals surface area (Å²) in [5.74, 6) is 0.911. The lowest BCUT2D eigenvalue weighted by molar-refractivity contribution is 0.159. The van der Waals surface area contributed by atoms with E-state index in [1.165, 1.54) is 0 Å². The molecule has 0 bridgehead atoms. The Bertz CT molecular complexity index is 386. The molecule has 4 nitrogen and oxygen atoms in total. The van der Waals surface area contributed by atoms with Crippen LogP contribution in [-0.2, 0) is 0 Å². The van der Waals surface area contributed by atoms with Crippen molar-refractivity contribution in [2.24, 2.45) is 5.10 Å². The van der Waals surface area contributed by atoms with E-state index in [4.69, 9.17) is 4.74 Å². The van der Waals surface area contributed by atoms with E-state index in [0.717, 1.165) is 37.5 Å². The van der Waals surface area contributed by atoms with Gasteiger partial charge in [0.25, 0.3) is 0 Å². The van der Waals surface area contributed by atoms with Gasteiger partial charge in [-0.15, -0.1) is 12.4 Å². The maximum Gasteiger partial charge on any atom is 0.119 e. The molecule has 0 radical (unpaired) electrons. The summed E-state index contributed by atoms with van der Waals surface area (Å²) in [5.41, 5.74) is 1.11. The summed E-state index contributed by atoms with van der Waals surface area (Å²) >= 11 is 0. The topological polar surface area (TPSA) is 28.1 Å². The highest BCUT2D eigenvalue weighted by Gasteiger charge is 2.10. The van der Waals surface area contributed by atoms with Gasteiger partial charge in [-0.25, -0.2) is 0 Å². The standard InChI is InChI=1S/C14H21N3O.ClH/c1-3-18-14-6-4-13(5-7-14)12-15-17-10-8-16(2)9-11-17;/h4-7,12H,3,8-11H2,1-2H3;1H/b15-12+;. The molecule has 0 unspecified atom stereocenters. The number of nitrogens with zero attached hydrogens (tertiary/aromatic N) is 3. The third-order valence-electron chi connectivity index (χ3n) is 3.04. The van der Waals surface area contributed by atoms with E-state index in [9.17, 15) is 0 Å². The smallest absolute Gasteiger partial charge is 0.119 e. The summed E-state index contributed by atoms with van der Waals surface area (Å²) in [7, 11) is 2.15. The Labute approximate surface area is 121 Å². The summed E-state index contributed by atoms with van der Waals surface area (Å²) in [6, 6.07) is 8.03. The summed E-state index contributed by atoms with van der Waals surface area (Å²) < 4.78 is 5.41. The van der Waals surface area contributed by atoms with Gasteiger partial charge in [0.1, 0.15) is 5.75 Å². The molecule has 19 heavy (non-hydrogen) atoms. The van der Waals surface area contributed by atoms with Gasteiger partial charge in [-0.1, -0.05) is 0 Å². The molecule has 0 N–H and O–H groups in total. The highest BCUT2D eigenvalue weighted by molar-refractivity contribution is 5.85. The normalized spacial score (nSPS) is 16.4. The minimum atomic E-state index is 0. The van der Waals surface area contributed by atoms with Crippen molar-refractivity contribution in [2.75, 3.05) is 39.8 Å². The van der Waals surface area contributed by atoms with E-state index in [1.807, 2.05) is 37.4 Å². The lowest BCUT2D eigenvalue weighted by atomic mass is 10.2.